The number of rotatable bonds is 2. The summed E-state index contributed by atoms with van der Waals surface area (Å²) in [6, 6.07) is 1.64. The summed E-state index contributed by atoms with van der Waals surface area (Å²) in [7, 11) is 0. The average molecular weight is 274 g/mol. The van der Waals surface area contributed by atoms with Gasteiger partial charge in [0.25, 0.3) is 5.91 Å². The summed E-state index contributed by atoms with van der Waals surface area (Å²) in [5.74, 6) is -0.0358. The predicted molar refractivity (Wildman–Crippen MR) is 71.8 cm³/mol. The number of carbonyl (C=O) groups is 2. The molecule has 2 aliphatic rings. The summed E-state index contributed by atoms with van der Waals surface area (Å²) < 4.78 is 0. The Labute approximate surface area is 117 Å². The third-order valence-corrected chi connectivity index (χ3v) is 4.37. The molecule has 2 heterocycles. The SMILES string of the molecule is O=C(NC1CCCC2(CCNC2=O)C1)c1ccncn1. The number of amides is 2. The van der Waals surface area contributed by atoms with Crippen LogP contribution < -0.4 is 10.6 Å². The Kier molecular flexibility index (Phi) is 3.38. The van der Waals surface area contributed by atoms with Crippen LogP contribution in [0.25, 0.3) is 0 Å². The molecule has 1 saturated heterocycles. The number of carbonyl (C=O) groups excluding carboxylic acids is 2. The summed E-state index contributed by atoms with van der Waals surface area (Å²) >= 11 is 0. The van der Waals surface area contributed by atoms with E-state index >= 15 is 0 Å². The summed E-state index contributed by atoms with van der Waals surface area (Å²) in [5.41, 5.74) is 0.109. The van der Waals surface area contributed by atoms with E-state index in [0.717, 1.165) is 38.6 Å². The molecule has 106 valence electrons. The third kappa shape index (κ3) is 2.37. The molecule has 1 aliphatic carbocycles. The van der Waals surface area contributed by atoms with Crippen molar-refractivity contribution in [1.82, 2.24) is 20.6 Å². The number of hydrogen-bond donors (Lipinski definition) is 2. The topological polar surface area (TPSA) is 84.0 Å². The summed E-state index contributed by atoms with van der Waals surface area (Å²) in [6.45, 7) is 0.755. The molecule has 1 aliphatic heterocycles. The van der Waals surface area contributed by atoms with Gasteiger partial charge in [-0.25, -0.2) is 9.97 Å². The van der Waals surface area contributed by atoms with Crippen LogP contribution in [0.4, 0.5) is 0 Å². The van der Waals surface area contributed by atoms with Gasteiger partial charge < -0.3 is 10.6 Å². The first-order valence-electron chi connectivity index (χ1n) is 7.05. The zero-order chi connectivity index (χ0) is 14.0. The first-order valence-corrected chi connectivity index (χ1v) is 7.05. The van der Waals surface area contributed by atoms with Crippen molar-refractivity contribution in [2.45, 2.75) is 38.1 Å². The standard InChI is InChI=1S/C14H18N4O2/c19-12(11-3-6-15-9-17-11)18-10-2-1-4-14(8-10)5-7-16-13(14)20/h3,6,9-10H,1-2,4-5,7-8H2,(H,16,20)(H,18,19). The van der Waals surface area contributed by atoms with E-state index < -0.39 is 0 Å². The van der Waals surface area contributed by atoms with Crippen molar-refractivity contribution in [1.29, 1.82) is 0 Å². The molecule has 1 spiro atoms. The minimum atomic E-state index is -0.262. The Morgan fingerprint density at radius 1 is 1.45 bits per heavy atom. The van der Waals surface area contributed by atoms with E-state index in [1.54, 1.807) is 12.3 Å². The molecule has 6 nitrogen and oxygen atoms in total. The van der Waals surface area contributed by atoms with Gasteiger partial charge in [0.15, 0.2) is 0 Å². The first kappa shape index (κ1) is 13.0. The third-order valence-electron chi connectivity index (χ3n) is 4.37. The Bertz CT molecular complexity index is 519. The van der Waals surface area contributed by atoms with E-state index in [0.29, 0.717) is 5.69 Å². The molecule has 2 unspecified atom stereocenters. The molecule has 6 heteroatoms. The predicted octanol–water partition coefficient (Wildman–Crippen LogP) is 0.655. The lowest BCUT2D eigenvalue weighted by Gasteiger charge is -2.36. The van der Waals surface area contributed by atoms with Crippen LogP contribution >= 0.6 is 0 Å². The molecular weight excluding hydrogens is 256 g/mol. The zero-order valence-corrected chi connectivity index (χ0v) is 11.3. The molecular formula is C14H18N4O2. The number of hydrogen-bond acceptors (Lipinski definition) is 4. The van der Waals surface area contributed by atoms with Gasteiger partial charge in [-0.2, -0.15) is 0 Å². The van der Waals surface area contributed by atoms with Gasteiger partial charge in [0.2, 0.25) is 5.91 Å². The highest BCUT2D eigenvalue weighted by molar-refractivity contribution is 5.92. The Balaban J connectivity index is 1.66. The fraction of sp³-hybridized carbons (Fsp3) is 0.571. The van der Waals surface area contributed by atoms with Crippen LogP contribution in [0.2, 0.25) is 0 Å². The van der Waals surface area contributed by atoms with Crippen molar-refractivity contribution in [2.24, 2.45) is 5.41 Å². The normalized spacial score (nSPS) is 29.2. The highest BCUT2D eigenvalue weighted by Crippen LogP contribution is 2.41. The minimum absolute atomic E-state index is 0.0510. The van der Waals surface area contributed by atoms with E-state index in [4.69, 9.17) is 0 Å². The lowest BCUT2D eigenvalue weighted by Crippen LogP contribution is -2.45. The number of nitrogens with one attached hydrogen (secondary N) is 2. The first-order chi connectivity index (χ1) is 9.70. The van der Waals surface area contributed by atoms with Crippen LogP contribution in [-0.4, -0.2) is 34.4 Å². The van der Waals surface area contributed by atoms with Crippen LogP contribution in [0.3, 0.4) is 0 Å². The van der Waals surface area contributed by atoms with Crippen LogP contribution in [0.15, 0.2) is 18.6 Å². The second kappa shape index (κ2) is 5.19. The molecule has 0 aromatic carbocycles. The lowest BCUT2D eigenvalue weighted by molar-refractivity contribution is -0.129. The number of aromatic nitrogens is 2. The molecule has 2 N–H and O–H groups in total. The molecule has 2 amide bonds. The summed E-state index contributed by atoms with van der Waals surface area (Å²) in [6.07, 6.45) is 7.35. The average Bonchev–Trinajstić information content (AvgIpc) is 2.81. The van der Waals surface area contributed by atoms with Gasteiger partial charge in [-0.15, -0.1) is 0 Å². The van der Waals surface area contributed by atoms with E-state index in [1.807, 2.05) is 0 Å². The van der Waals surface area contributed by atoms with E-state index in [2.05, 4.69) is 20.6 Å². The highest BCUT2D eigenvalue weighted by atomic mass is 16.2. The fourth-order valence-electron chi connectivity index (χ4n) is 3.32. The van der Waals surface area contributed by atoms with Crippen molar-refractivity contribution in [2.75, 3.05) is 6.54 Å². The monoisotopic (exact) mass is 274 g/mol. The van der Waals surface area contributed by atoms with Crippen LogP contribution in [0, 0.1) is 5.41 Å². The Morgan fingerprint density at radius 3 is 3.05 bits per heavy atom. The molecule has 3 rings (SSSR count). The van der Waals surface area contributed by atoms with Gasteiger partial charge in [-0.05, 0) is 31.7 Å². The van der Waals surface area contributed by atoms with E-state index in [-0.39, 0.29) is 23.3 Å². The Morgan fingerprint density at radius 2 is 2.35 bits per heavy atom. The largest absolute Gasteiger partial charge is 0.356 e. The van der Waals surface area contributed by atoms with Crippen molar-refractivity contribution >= 4 is 11.8 Å². The fourth-order valence-corrected chi connectivity index (χ4v) is 3.32. The van der Waals surface area contributed by atoms with E-state index in [1.165, 1.54) is 6.33 Å². The molecule has 20 heavy (non-hydrogen) atoms. The van der Waals surface area contributed by atoms with Crippen LogP contribution in [-0.2, 0) is 4.79 Å². The molecule has 2 atom stereocenters. The van der Waals surface area contributed by atoms with Crippen LogP contribution in [0.5, 0.6) is 0 Å². The summed E-state index contributed by atoms with van der Waals surface area (Å²) in [5, 5.41) is 5.91. The van der Waals surface area contributed by atoms with Gasteiger partial charge >= 0.3 is 0 Å². The Hall–Kier alpha value is -1.98. The molecule has 0 bridgehead atoms. The highest BCUT2D eigenvalue weighted by Gasteiger charge is 2.45. The van der Waals surface area contributed by atoms with Gasteiger partial charge in [-0.3, -0.25) is 9.59 Å². The maximum atomic E-state index is 12.1. The molecule has 0 radical (unpaired) electrons. The molecule has 1 saturated carbocycles. The van der Waals surface area contributed by atoms with Crippen LogP contribution in [0.1, 0.15) is 42.6 Å². The quantitative estimate of drug-likeness (QED) is 0.829. The van der Waals surface area contributed by atoms with Crippen molar-refractivity contribution in [3.05, 3.63) is 24.3 Å². The minimum Gasteiger partial charge on any atom is -0.356 e. The van der Waals surface area contributed by atoms with Crippen molar-refractivity contribution in [3.63, 3.8) is 0 Å². The van der Waals surface area contributed by atoms with E-state index in [9.17, 15) is 9.59 Å². The second-order valence-electron chi connectivity index (χ2n) is 5.65. The van der Waals surface area contributed by atoms with Crippen molar-refractivity contribution < 1.29 is 9.59 Å². The van der Waals surface area contributed by atoms with Gasteiger partial charge in [0.1, 0.15) is 12.0 Å². The molecule has 1 aromatic heterocycles. The van der Waals surface area contributed by atoms with Crippen molar-refractivity contribution in [3.8, 4) is 0 Å². The summed E-state index contributed by atoms with van der Waals surface area (Å²) in [4.78, 5) is 31.8. The lowest BCUT2D eigenvalue weighted by atomic mass is 9.71. The maximum Gasteiger partial charge on any atom is 0.270 e. The van der Waals surface area contributed by atoms with Gasteiger partial charge in [0, 0.05) is 18.8 Å². The second-order valence-corrected chi connectivity index (χ2v) is 5.65. The van der Waals surface area contributed by atoms with Gasteiger partial charge in [-0.1, -0.05) is 6.42 Å². The number of nitrogens with zero attached hydrogens (tertiary/aromatic N) is 2. The zero-order valence-electron chi connectivity index (χ0n) is 11.3. The van der Waals surface area contributed by atoms with Gasteiger partial charge in [0.05, 0.1) is 5.41 Å². The molecule has 2 fully saturated rings. The molecule has 1 aromatic rings. The maximum absolute atomic E-state index is 12.1. The smallest absolute Gasteiger partial charge is 0.270 e.